The van der Waals surface area contributed by atoms with E-state index in [9.17, 15) is 0 Å². The molecule has 2 aromatic heterocycles. The monoisotopic (exact) mass is 260 g/mol. The number of aromatic nitrogens is 2. The van der Waals surface area contributed by atoms with E-state index >= 15 is 0 Å². The fourth-order valence-electron chi connectivity index (χ4n) is 1.76. The highest BCUT2D eigenvalue weighted by molar-refractivity contribution is 5.44. The van der Waals surface area contributed by atoms with E-state index in [0.717, 1.165) is 11.3 Å². The zero-order valence-corrected chi connectivity index (χ0v) is 10.5. The molecule has 0 bridgehead atoms. The number of nitriles is 1. The number of nitrogens with zero attached hydrogens (tertiary/aromatic N) is 3. The molecule has 0 saturated carbocycles. The number of imidazole rings is 1. The van der Waals surface area contributed by atoms with Gasteiger partial charge in [0, 0.05) is 19.3 Å². The maximum Gasteiger partial charge on any atom is 0.137 e. The lowest BCUT2D eigenvalue weighted by Gasteiger charge is -2.05. The summed E-state index contributed by atoms with van der Waals surface area (Å²) in [6.45, 7) is 2.32. The number of rotatable bonds is 7. The number of hydrogen-bond acceptors (Lipinski definition) is 5. The Bertz CT molecular complexity index is 574. The minimum atomic E-state index is 0.0458. The molecule has 6 nitrogen and oxygen atoms in total. The van der Waals surface area contributed by atoms with Crippen molar-refractivity contribution in [1.82, 2.24) is 14.7 Å². The lowest BCUT2D eigenvalue weighted by Crippen LogP contribution is -2.20. The van der Waals surface area contributed by atoms with Gasteiger partial charge < -0.3 is 19.6 Å². The van der Waals surface area contributed by atoms with E-state index in [1.54, 1.807) is 18.5 Å². The van der Waals surface area contributed by atoms with E-state index in [4.69, 9.17) is 15.1 Å². The molecule has 0 aliphatic rings. The molecule has 2 aromatic rings. The van der Waals surface area contributed by atoms with Crippen LogP contribution in [-0.4, -0.2) is 40.9 Å². The van der Waals surface area contributed by atoms with Crippen molar-refractivity contribution in [3.63, 3.8) is 0 Å². The first-order chi connectivity index (χ1) is 9.35. The number of nitrogens with one attached hydrogen (secondary N) is 1. The van der Waals surface area contributed by atoms with E-state index in [1.165, 1.54) is 0 Å². The normalized spacial score (nSPS) is 10.7. The fourth-order valence-corrected chi connectivity index (χ4v) is 1.76. The average Bonchev–Trinajstić information content (AvgIpc) is 2.85. The maximum absolute atomic E-state index is 8.89. The smallest absolute Gasteiger partial charge is 0.137 e. The summed E-state index contributed by atoms with van der Waals surface area (Å²) in [5, 5.41) is 20.7. The second-order valence-electron chi connectivity index (χ2n) is 4.02. The van der Waals surface area contributed by atoms with Crippen molar-refractivity contribution in [1.29, 1.82) is 5.26 Å². The third-order valence-corrected chi connectivity index (χ3v) is 2.68. The zero-order chi connectivity index (χ0) is 13.5. The first-order valence-electron chi connectivity index (χ1n) is 6.10. The topological polar surface area (TPSA) is 82.6 Å². The Labute approximate surface area is 111 Å². The molecule has 6 heteroatoms. The van der Waals surface area contributed by atoms with Gasteiger partial charge in [-0.25, -0.2) is 4.98 Å². The van der Waals surface area contributed by atoms with Crippen LogP contribution >= 0.6 is 0 Å². The van der Waals surface area contributed by atoms with Crippen molar-refractivity contribution >= 4 is 5.65 Å². The predicted octanol–water partition coefficient (Wildman–Crippen LogP) is 0.304. The minimum absolute atomic E-state index is 0.0458. The molecule has 0 fully saturated rings. The van der Waals surface area contributed by atoms with Gasteiger partial charge in [-0.1, -0.05) is 0 Å². The van der Waals surface area contributed by atoms with Crippen molar-refractivity contribution in [3.05, 3.63) is 35.8 Å². The van der Waals surface area contributed by atoms with Crippen LogP contribution in [0.1, 0.15) is 11.3 Å². The fraction of sp³-hybridized carbons (Fsp3) is 0.385. The Morgan fingerprint density at radius 2 is 2.32 bits per heavy atom. The van der Waals surface area contributed by atoms with Crippen molar-refractivity contribution in [2.75, 3.05) is 26.4 Å². The van der Waals surface area contributed by atoms with Gasteiger partial charge in [-0.05, 0) is 12.1 Å². The zero-order valence-electron chi connectivity index (χ0n) is 10.5. The van der Waals surface area contributed by atoms with Gasteiger partial charge in [0.25, 0.3) is 0 Å². The van der Waals surface area contributed by atoms with Crippen molar-refractivity contribution in [2.45, 2.75) is 6.54 Å². The molecule has 0 unspecified atom stereocenters. The number of pyridine rings is 1. The van der Waals surface area contributed by atoms with Gasteiger partial charge in [-0.3, -0.25) is 0 Å². The van der Waals surface area contributed by atoms with Gasteiger partial charge in [0.15, 0.2) is 0 Å². The number of hydrogen-bond donors (Lipinski definition) is 2. The molecule has 0 radical (unpaired) electrons. The number of fused-ring (bicyclic) bond motifs is 1. The predicted molar refractivity (Wildman–Crippen MR) is 69.5 cm³/mol. The summed E-state index contributed by atoms with van der Waals surface area (Å²) in [5.41, 5.74) is 2.43. The van der Waals surface area contributed by atoms with E-state index in [-0.39, 0.29) is 6.61 Å². The third kappa shape index (κ3) is 3.51. The van der Waals surface area contributed by atoms with Crippen LogP contribution in [0.2, 0.25) is 0 Å². The average molecular weight is 260 g/mol. The quantitative estimate of drug-likeness (QED) is 0.700. The Kier molecular flexibility index (Phi) is 4.86. The van der Waals surface area contributed by atoms with E-state index < -0.39 is 0 Å². The first kappa shape index (κ1) is 13.5. The molecule has 2 N–H and O–H groups in total. The molecule has 2 heterocycles. The van der Waals surface area contributed by atoms with Gasteiger partial charge in [0.2, 0.25) is 0 Å². The lowest BCUT2D eigenvalue weighted by molar-refractivity contribution is 0.0937. The highest BCUT2D eigenvalue weighted by Gasteiger charge is 2.03. The standard InChI is InChI=1S/C13H16N4O2/c14-7-11-1-2-13-16-9-12(17(13)10-11)8-15-3-5-19-6-4-18/h1-2,9-10,15,18H,3-6,8H2. The van der Waals surface area contributed by atoms with Gasteiger partial charge in [0.05, 0.1) is 37.3 Å². The Morgan fingerprint density at radius 3 is 3.11 bits per heavy atom. The SMILES string of the molecule is N#Cc1ccc2ncc(CNCCOCCO)n2c1. The third-order valence-electron chi connectivity index (χ3n) is 2.68. The molecular weight excluding hydrogens is 244 g/mol. The molecule has 2 rings (SSSR count). The van der Waals surface area contributed by atoms with Crippen LogP contribution < -0.4 is 5.32 Å². The largest absolute Gasteiger partial charge is 0.394 e. The summed E-state index contributed by atoms with van der Waals surface area (Å²) >= 11 is 0. The lowest BCUT2D eigenvalue weighted by atomic mass is 10.3. The number of aliphatic hydroxyl groups excluding tert-OH is 1. The minimum Gasteiger partial charge on any atom is -0.394 e. The van der Waals surface area contributed by atoms with Crippen molar-refractivity contribution in [3.8, 4) is 6.07 Å². The summed E-state index contributed by atoms with van der Waals surface area (Å²) in [7, 11) is 0. The van der Waals surface area contributed by atoms with E-state index in [1.807, 2.05) is 10.5 Å². The Hall–Kier alpha value is -1.94. The summed E-state index contributed by atoms with van der Waals surface area (Å²) in [4.78, 5) is 4.27. The molecule has 0 amide bonds. The van der Waals surface area contributed by atoms with Gasteiger partial charge >= 0.3 is 0 Å². The van der Waals surface area contributed by atoms with Crippen LogP contribution in [0.4, 0.5) is 0 Å². The molecule has 19 heavy (non-hydrogen) atoms. The van der Waals surface area contributed by atoms with Crippen LogP contribution in [0.15, 0.2) is 24.5 Å². The molecule has 0 spiro atoms. The molecule has 0 atom stereocenters. The maximum atomic E-state index is 8.89. The second-order valence-corrected chi connectivity index (χ2v) is 4.02. The number of ether oxygens (including phenoxy) is 1. The summed E-state index contributed by atoms with van der Waals surface area (Å²) in [6.07, 6.45) is 3.57. The Balaban J connectivity index is 1.92. The van der Waals surface area contributed by atoms with Gasteiger partial charge in [-0.2, -0.15) is 5.26 Å². The molecular formula is C13H16N4O2. The van der Waals surface area contributed by atoms with Gasteiger partial charge in [-0.15, -0.1) is 0 Å². The van der Waals surface area contributed by atoms with Crippen LogP contribution in [-0.2, 0) is 11.3 Å². The molecule has 0 aliphatic carbocycles. The molecule has 0 saturated heterocycles. The molecule has 100 valence electrons. The highest BCUT2D eigenvalue weighted by atomic mass is 16.5. The summed E-state index contributed by atoms with van der Waals surface area (Å²) in [5.74, 6) is 0. The Morgan fingerprint density at radius 1 is 1.42 bits per heavy atom. The van der Waals surface area contributed by atoms with E-state index in [2.05, 4.69) is 16.4 Å². The van der Waals surface area contributed by atoms with E-state index in [0.29, 0.717) is 31.9 Å². The van der Waals surface area contributed by atoms with Crippen LogP contribution in [0.5, 0.6) is 0 Å². The molecule has 0 aliphatic heterocycles. The van der Waals surface area contributed by atoms with Crippen LogP contribution in [0.3, 0.4) is 0 Å². The van der Waals surface area contributed by atoms with Gasteiger partial charge in [0.1, 0.15) is 11.7 Å². The molecule has 0 aromatic carbocycles. The first-order valence-corrected chi connectivity index (χ1v) is 6.10. The highest BCUT2D eigenvalue weighted by Crippen LogP contribution is 2.08. The van der Waals surface area contributed by atoms with Crippen molar-refractivity contribution in [2.24, 2.45) is 0 Å². The summed E-state index contributed by atoms with van der Waals surface area (Å²) < 4.78 is 7.05. The van der Waals surface area contributed by atoms with Crippen molar-refractivity contribution < 1.29 is 9.84 Å². The number of aliphatic hydroxyl groups is 1. The van der Waals surface area contributed by atoms with Crippen LogP contribution in [0, 0.1) is 11.3 Å². The second kappa shape index (κ2) is 6.85. The van der Waals surface area contributed by atoms with Crippen LogP contribution in [0.25, 0.3) is 5.65 Å². The summed E-state index contributed by atoms with van der Waals surface area (Å²) in [6, 6.07) is 5.69.